The number of aromatic hydroxyl groups is 2. The molecule has 2 rings (SSSR count). The van der Waals surface area contributed by atoms with Crippen LogP contribution in [0.2, 0.25) is 0 Å². The lowest BCUT2D eigenvalue weighted by atomic mass is 10.1. The largest absolute Gasteiger partial charge is 0.504 e. The van der Waals surface area contributed by atoms with Gasteiger partial charge in [-0.1, -0.05) is 6.07 Å². The molecule has 2 aromatic carbocycles. The van der Waals surface area contributed by atoms with E-state index in [0.29, 0.717) is 0 Å². The summed E-state index contributed by atoms with van der Waals surface area (Å²) >= 11 is 1.38. The van der Waals surface area contributed by atoms with Gasteiger partial charge in [0, 0.05) is 4.90 Å². The van der Waals surface area contributed by atoms with Gasteiger partial charge in [0.15, 0.2) is 11.5 Å². The van der Waals surface area contributed by atoms with Crippen LogP contribution in [-0.2, 0) is 9.53 Å². The lowest BCUT2D eigenvalue weighted by Gasteiger charge is -2.08. The molecule has 0 bridgehead atoms. The van der Waals surface area contributed by atoms with E-state index in [0.717, 1.165) is 15.7 Å². The minimum atomic E-state index is -0.251. The van der Waals surface area contributed by atoms with Crippen LogP contribution in [0.25, 0.3) is 10.8 Å². The smallest absolute Gasteiger partial charge is 0.316 e. The minimum Gasteiger partial charge on any atom is -0.504 e. The average Bonchev–Trinajstić information content (AvgIpc) is 2.37. The van der Waals surface area contributed by atoms with Crippen LogP contribution in [0.5, 0.6) is 11.5 Å². The van der Waals surface area contributed by atoms with Crippen LogP contribution in [0.1, 0.15) is 13.8 Å². The fraction of sp³-hybridized carbons (Fsp3) is 0.267. The van der Waals surface area contributed by atoms with Gasteiger partial charge in [-0.25, -0.2) is 0 Å². The summed E-state index contributed by atoms with van der Waals surface area (Å²) in [7, 11) is 0. The molecule has 0 heterocycles. The lowest BCUT2D eigenvalue weighted by Crippen LogP contribution is -2.13. The van der Waals surface area contributed by atoms with Gasteiger partial charge < -0.3 is 14.9 Å². The fourth-order valence-corrected chi connectivity index (χ4v) is 2.51. The Morgan fingerprint density at radius 1 is 1.15 bits per heavy atom. The predicted octanol–water partition coefficient (Wildman–Crippen LogP) is 3.29. The zero-order valence-electron chi connectivity index (χ0n) is 11.3. The molecule has 0 radical (unpaired) electrons. The van der Waals surface area contributed by atoms with Crippen molar-refractivity contribution in [2.45, 2.75) is 24.8 Å². The minimum absolute atomic E-state index is 0.111. The molecule has 2 aromatic rings. The van der Waals surface area contributed by atoms with Crippen LogP contribution < -0.4 is 0 Å². The molecule has 0 amide bonds. The molecule has 2 N–H and O–H groups in total. The Balaban J connectivity index is 2.12. The molecular weight excluding hydrogens is 276 g/mol. The highest BCUT2D eigenvalue weighted by atomic mass is 32.2. The molecule has 0 aliphatic carbocycles. The summed E-state index contributed by atoms with van der Waals surface area (Å²) < 4.78 is 5.06. The molecule has 0 atom stereocenters. The van der Waals surface area contributed by atoms with Crippen molar-refractivity contribution in [3.05, 3.63) is 30.3 Å². The van der Waals surface area contributed by atoms with Crippen molar-refractivity contribution in [2.75, 3.05) is 5.75 Å². The van der Waals surface area contributed by atoms with Gasteiger partial charge in [0.25, 0.3) is 0 Å². The van der Waals surface area contributed by atoms with Crippen LogP contribution >= 0.6 is 11.8 Å². The maximum absolute atomic E-state index is 11.5. The molecule has 106 valence electrons. The summed E-state index contributed by atoms with van der Waals surface area (Å²) in [4.78, 5) is 12.4. The zero-order valence-corrected chi connectivity index (χ0v) is 12.1. The van der Waals surface area contributed by atoms with E-state index in [1.807, 2.05) is 32.0 Å². The molecule has 5 heteroatoms. The summed E-state index contributed by atoms with van der Waals surface area (Å²) in [5.41, 5.74) is 0. The first-order valence-electron chi connectivity index (χ1n) is 6.23. The number of hydrogen-bond acceptors (Lipinski definition) is 5. The monoisotopic (exact) mass is 292 g/mol. The fourth-order valence-electron chi connectivity index (χ4n) is 1.78. The van der Waals surface area contributed by atoms with E-state index in [9.17, 15) is 15.0 Å². The first-order valence-corrected chi connectivity index (χ1v) is 7.22. The third-order valence-corrected chi connectivity index (χ3v) is 3.60. The van der Waals surface area contributed by atoms with Crippen molar-refractivity contribution >= 4 is 28.5 Å². The maximum atomic E-state index is 11.5. The molecule has 0 spiro atoms. The van der Waals surface area contributed by atoms with Crippen LogP contribution in [0.4, 0.5) is 0 Å². The lowest BCUT2D eigenvalue weighted by molar-refractivity contribution is -0.144. The van der Waals surface area contributed by atoms with Crippen LogP contribution in [0, 0.1) is 0 Å². The van der Waals surface area contributed by atoms with Crippen molar-refractivity contribution in [1.29, 1.82) is 0 Å². The Morgan fingerprint density at radius 3 is 2.45 bits per heavy atom. The molecule has 0 fully saturated rings. The third-order valence-electron chi connectivity index (χ3n) is 2.63. The molecule has 20 heavy (non-hydrogen) atoms. The SMILES string of the molecule is CC(C)OC(=O)CSc1ccc2cc(O)c(O)cc2c1. The highest BCUT2D eigenvalue weighted by Crippen LogP contribution is 2.32. The van der Waals surface area contributed by atoms with Gasteiger partial charge in [0.1, 0.15) is 0 Å². The average molecular weight is 292 g/mol. The number of fused-ring (bicyclic) bond motifs is 1. The van der Waals surface area contributed by atoms with Gasteiger partial charge in [-0.15, -0.1) is 11.8 Å². The van der Waals surface area contributed by atoms with Gasteiger partial charge in [0.05, 0.1) is 11.9 Å². The van der Waals surface area contributed by atoms with Crippen molar-refractivity contribution < 1.29 is 19.7 Å². The van der Waals surface area contributed by atoms with Crippen LogP contribution in [0.3, 0.4) is 0 Å². The van der Waals surface area contributed by atoms with Gasteiger partial charge in [-0.05, 0) is 48.9 Å². The highest BCUT2D eigenvalue weighted by molar-refractivity contribution is 8.00. The molecule has 0 saturated heterocycles. The highest BCUT2D eigenvalue weighted by Gasteiger charge is 2.08. The first kappa shape index (κ1) is 14.5. The Morgan fingerprint density at radius 2 is 1.80 bits per heavy atom. The number of thioether (sulfide) groups is 1. The van der Waals surface area contributed by atoms with E-state index in [1.54, 1.807) is 0 Å². The third kappa shape index (κ3) is 3.57. The first-order chi connectivity index (χ1) is 9.45. The van der Waals surface area contributed by atoms with E-state index in [4.69, 9.17) is 4.74 Å². The number of carbonyl (C=O) groups excluding carboxylic acids is 1. The Labute approximate surface area is 121 Å². The molecule has 0 aromatic heterocycles. The second-order valence-electron chi connectivity index (χ2n) is 4.68. The number of phenols is 2. The number of esters is 1. The van der Waals surface area contributed by atoms with Crippen molar-refractivity contribution in [3.8, 4) is 11.5 Å². The number of hydrogen-bond donors (Lipinski definition) is 2. The maximum Gasteiger partial charge on any atom is 0.316 e. The Hall–Kier alpha value is -1.88. The van der Waals surface area contributed by atoms with Crippen molar-refractivity contribution in [1.82, 2.24) is 0 Å². The van der Waals surface area contributed by atoms with Crippen molar-refractivity contribution in [2.24, 2.45) is 0 Å². The van der Waals surface area contributed by atoms with Gasteiger partial charge in [-0.2, -0.15) is 0 Å². The molecule has 0 aliphatic rings. The summed E-state index contributed by atoms with van der Waals surface area (Å²) in [5.74, 6) is -0.302. The standard InChI is InChI=1S/C15H16O4S/c1-9(2)19-15(18)8-20-12-4-3-10-6-13(16)14(17)7-11(10)5-12/h3-7,9,16-17H,8H2,1-2H3. The van der Waals surface area contributed by atoms with Crippen LogP contribution in [0.15, 0.2) is 35.2 Å². The second-order valence-corrected chi connectivity index (χ2v) is 5.73. The van der Waals surface area contributed by atoms with Crippen molar-refractivity contribution in [3.63, 3.8) is 0 Å². The quantitative estimate of drug-likeness (QED) is 0.514. The Bertz CT molecular complexity index is 637. The summed E-state index contributed by atoms with van der Waals surface area (Å²) in [6, 6.07) is 8.58. The Kier molecular flexibility index (Phi) is 4.39. The van der Waals surface area contributed by atoms with E-state index in [1.165, 1.54) is 23.9 Å². The van der Waals surface area contributed by atoms with E-state index in [2.05, 4.69) is 0 Å². The molecule has 0 aliphatic heterocycles. The zero-order chi connectivity index (χ0) is 14.7. The van der Waals surface area contributed by atoms with Gasteiger partial charge >= 0.3 is 5.97 Å². The number of benzene rings is 2. The summed E-state index contributed by atoms with van der Waals surface area (Å²) in [5, 5.41) is 20.6. The molecule has 0 unspecified atom stereocenters. The number of ether oxygens (including phenoxy) is 1. The van der Waals surface area contributed by atoms with Crippen LogP contribution in [-0.4, -0.2) is 28.0 Å². The number of carbonyl (C=O) groups is 1. The number of phenolic OH excluding ortho intramolecular Hbond substituents is 2. The molecule has 4 nitrogen and oxygen atoms in total. The molecular formula is C15H16O4S. The second kappa shape index (κ2) is 6.05. The van der Waals surface area contributed by atoms with E-state index < -0.39 is 0 Å². The number of rotatable bonds is 4. The van der Waals surface area contributed by atoms with E-state index in [-0.39, 0.29) is 29.3 Å². The van der Waals surface area contributed by atoms with Gasteiger partial charge in [0.2, 0.25) is 0 Å². The predicted molar refractivity (Wildman–Crippen MR) is 79.2 cm³/mol. The topological polar surface area (TPSA) is 66.8 Å². The van der Waals surface area contributed by atoms with E-state index >= 15 is 0 Å². The van der Waals surface area contributed by atoms with Gasteiger partial charge in [-0.3, -0.25) is 4.79 Å². The summed E-state index contributed by atoms with van der Waals surface area (Å²) in [6.45, 7) is 3.63. The normalized spacial score (nSPS) is 10.9. The summed E-state index contributed by atoms with van der Waals surface area (Å²) in [6.07, 6.45) is -0.111. The molecule has 0 saturated carbocycles.